The topological polar surface area (TPSA) is 84.1 Å². The second-order valence-corrected chi connectivity index (χ2v) is 6.53. The molecule has 0 bridgehead atoms. The first-order valence-electron chi connectivity index (χ1n) is 7.33. The molecule has 1 amide bonds. The molecule has 0 saturated carbocycles. The third-order valence-corrected chi connectivity index (χ3v) is 4.54. The van der Waals surface area contributed by atoms with E-state index in [1.54, 1.807) is 11.3 Å². The summed E-state index contributed by atoms with van der Waals surface area (Å²) in [5.74, 6) is 0.733. The van der Waals surface area contributed by atoms with E-state index in [1.165, 1.54) is 0 Å². The van der Waals surface area contributed by atoms with Gasteiger partial charge in [-0.3, -0.25) is 4.79 Å². The number of carbonyl (C=O) groups is 1. The van der Waals surface area contributed by atoms with Gasteiger partial charge in [-0.05, 0) is 31.9 Å². The number of rotatable bonds is 4. The summed E-state index contributed by atoms with van der Waals surface area (Å²) in [6.07, 6.45) is 3.75. The zero-order chi connectivity index (χ0) is 15.5. The van der Waals surface area contributed by atoms with Crippen molar-refractivity contribution >= 4 is 28.2 Å². The van der Waals surface area contributed by atoms with Crippen molar-refractivity contribution in [2.24, 2.45) is 5.73 Å². The van der Waals surface area contributed by atoms with Crippen LogP contribution in [0.15, 0.2) is 24.4 Å². The largest absolute Gasteiger partial charge is 0.333 e. The van der Waals surface area contributed by atoms with Crippen LogP contribution in [0.1, 0.15) is 29.5 Å². The Kier molecular flexibility index (Phi) is 4.35. The van der Waals surface area contributed by atoms with Crippen LogP contribution in [0.2, 0.25) is 0 Å². The molecule has 0 unspecified atom stereocenters. The van der Waals surface area contributed by atoms with Crippen LogP contribution >= 0.6 is 11.3 Å². The molecule has 1 saturated heterocycles. The molecule has 1 fully saturated rings. The molecule has 3 rings (SSSR count). The number of nitrogens with two attached hydrogens (primary N) is 1. The minimum absolute atomic E-state index is 0.0155. The van der Waals surface area contributed by atoms with Gasteiger partial charge in [0.1, 0.15) is 5.82 Å². The lowest BCUT2D eigenvalue weighted by atomic mass is 10.1. The van der Waals surface area contributed by atoms with E-state index >= 15 is 0 Å². The molecule has 7 heteroatoms. The average Bonchev–Trinajstić information content (AvgIpc) is 3.16. The first kappa shape index (κ1) is 14.9. The van der Waals surface area contributed by atoms with Gasteiger partial charge in [0.2, 0.25) is 5.91 Å². The van der Waals surface area contributed by atoms with Crippen LogP contribution in [0.5, 0.6) is 0 Å². The van der Waals surface area contributed by atoms with Gasteiger partial charge in [-0.2, -0.15) is 0 Å². The van der Waals surface area contributed by atoms with E-state index in [-0.39, 0.29) is 18.5 Å². The Labute approximate surface area is 133 Å². The summed E-state index contributed by atoms with van der Waals surface area (Å²) < 4.78 is 0. The molecular formula is C15H19N5OS. The number of nitrogens with zero attached hydrogens (tertiary/aromatic N) is 3. The number of aryl methyl sites for hydroxylation is 1. The van der Waals surface area contributed by atoms with Crippen LogP contribution in [0.25, 0.3) is 0 Å². The van der Waals surface area contributed by atoms with E-state index in [2.05, 4.69) is 15.3 Å². The number of thiazole rings is 1. The average molecular weight is 317 g/mol. The van der Waals surface area contributed by atoms with E-state index < -0.39 is 0 Å². The number of hydrogen-bond acceptors (Lipinski definition) is 6. The van der Waals surface area contributed by atoms with Gasteiger partial charge in [-0.25, -0.2) is 9.97 Å². The number of aromatic nitrogens is 2. The molecule has 1 atom stereocenters. The molecule has 2 aromatic rings. The summed E-state index contributed by atoms with van der Waals surface area (Å²) in [6.45, 7) is 2.82. The van der Waals surface area contributed by atoms with Gasteiger partial charge < -0.3 is 16.0 Å². The number of hydrogen-bond donors (Lipinski definition) is 2. The van der Waals surface area contributed by atoms with Crippen molar-refractivity contribution in [3.05, 3.63) is 35.0 Å². The van der Waals surface area contributed by atoms with Crippen molar-refractivity contribution in [3.8, 4) is 0 Å². The predicted octanol–water partition coefficient (Wildman–Crippen LogP) is 2.21. The van der Waals surface area contributed by atoms with Crippen molar-refractivity contribution in [2.75, 3.05) is 18.4 Å². The molecule has 0 spiro atoms. The minimum Gasteiger partial charge on any atom is -0.333 e. The number of amides is 1. The van der Waals surface area contributed by atoms with Crippen molar-refractivity contribution < 1.29 is 4.79 Å². The molecule has 2 aromatic heterocycles. The lowest BCUT2D eigenvalue weighted by Crippen LogP contribution is -2.35. The van der Waals surface area contributed by atoms with Gasteiger partial charge in [0.15, 0.2) is 5.13 Å². The van der Waals surface area contributed by atoms with Crippen LogP contribution in [0.3, 0.4) is 0 Å². The summed E-state index contributed by atoms with van der Waals surface area (Å²) in [7, 11) is 0. The van der Waals surface area contributed by atoms with Gasteiger partial charge in [-0.15, -0.1) is 11.3 Å². The first-order chi connectivity index (χ1) is 10.7. The highest BCUT2D eigenvalue weighted by Crippen LogP contribution is 2.31. The fourth-order valence-corrected chi connectivity index (χ4v) is 3.39. The zero-order valence-corrected chi connectivity index (χ0v) is 13.3. The van der Waals surface area contributed by atoms with Gasteiger partial charge >= 0.3 is 0 Å². The second kappa shape index (κ2) is 6.41. The van der Waals surface area contributed by atoms with Crippen molar-refractivity contribution in [2.45, 2.75) is 25.8 Å². The number of carbonyl (C=O) groups excluding carboxylic acids is 1. The number of likely N-dealkylation sites (tertiary alicyclic amines) is 1. The van der Waals surface area contributed by atoms with Crippen molar-refractivity contribution in [3.63, 3.8) is 0 Å². The Balaban J connectivity index is 1.80. The maximum absolute atomic E-state index is 11.9. The third kappa shape index (κ3) is 3.10. The fraction of sp³-hybridized carbons (Fsp3) is 0.400. The van der Waals surface area contributed by atoms with E-state index in [1.807, 2.05) is 36.2 Å². The molecule has 0 radical (unpaired) electrons. The zero-order valence-electron chi connectivity index (χ0n) is 12.5. The standard InChI is InChI=1S/C15H19N5OS/c1-10-9-17-15(22-10)19-13-6-2-4-11(18-13)12-5-3-7-20(12)14(21)8-16/h2,4,6,9,12H,3,5,7-8,16H2,1H3,(H,17,18,19)/t12-/m0/s1. The summed E-state index contributed by atoms with van der Waals surface area (Å²) >= 11 is 1.59. The normalized spacial score (nSPS) is 17.7. The lowest BCUT2D eigenvalue weighted by Gasteiger charge is -2.24. The van der Waals surface area contributed by atoms with Gasteiger partial charge in [0, 0.05) is 17.6 Å². The van der Waals surface area contributed by atoms with Crippen LogP contribution in [0, 0.1) is 6.92 Å². The highest BCUT2D eigenvalue weighted by atomic mass is 32.1. The molecular weight excluding hydrogens is 298 g/mol. The predicted molar refractivity (Wildman–Crippen MR) is 87.1 cm³/mol. The SMILES string of the molecule is Cc1cnc(Nc2cccc([C@@H]3CCCN3C(=O)CN)n2)s1. The van der Waals surface area contributed by atoms with E-state index in [0.29, 0.717) is 0 Å². The Morgan fingerprint density at radius 3 is 3.14 bits per heavy atom. The highest BCUT2D eigenvalue weighted by Gasteiger charge is 2.30. The van der Waals surface area contributed by atoms with Crippen molar-refractivity contribution in [1.29, 1.82) is 0 Å². The molecule has 0 aliphatic carbocycles. The van der Waals surface area contributed by atoms with Crippen LogP contribution in [-0.2, 0) is 4.79 Å². The van der Waals surface area contributed by atoms with E-state index in [0.717, 1.165) is 40.9 Å². The first-order valence-corrected chi connectivity index (χ1v) is 8.15. The monoisotopic (exact) mass is 317 g/mol. The molecule has 3 N–H and O–H groups in total. The minimum atomic E-state index is -0.0155. The van der Waals surface area contributed by atoms with E-state index in [4.69, 9.17) is 5.73 Å². The smallest absolute Gasteiger partial charge is 0.236 e. The Morgan fingerprint density at radius 2 is 2.41 bits per heavy atom. The molecule has 6 nitrogen and oxygen atoms in total. The highest BCUT2D eigenvalue weighted by molar-refractivity contribution is 7.15. The Hall–Kier alpha value is -1.99. The fourth-order valence-electron chi connectivity index (χ4n) is 2.72. The van der Waals surface area contributed by atoms with E-state index in [9.17, 15) is 4.79 Å². The molecule has 3 heterocycles. The summed E-state index contributed by atoms with van der Waals surface area (Å²) in [4.78, 5) is 23.8. The molecule has 0 aromatic carbocycles. The third-order valence-electron chi connectivity index (χ3n) is 3.72. The van der Waals surface area contributed by atoms with Crippen LogP contribution in [-0.4, -0.2) is 33.9 Å². The van der Waals surface area contributed by atoms with Crippen LogP contribution in [0.4, 0.5) is 10.9 Å². The maximum atomic E-state index is 11.9. The molecule has 1 aliphatic rings. The molecule has 116 valence electrons. The lowest BCUT2D eigenvalue weighted by molar-refractivity contribution is -0.130. The number of nitrogens with one attached hydrogen (secondary N) is 1. The Morgan fingerprint density at radius 1 is 1.55 bits per heavy atom. The number of anilines is 2. The van der Waals surface area contributed by atoms with Crippen molar-refractivity contribution in [1.82, 2.24) is 14.9 Å². The van der Waals surface area contributed by atoms with Gasteiger partial charge in [0.05, 0.1) is 18.3 Å². The number of pyridine rings is 1. The molecule has 22 heavy (non-hydrogen) atoms. The summed E-state index contributed by atoms with van der Waals surface area (Å²) in [5.41, 5.74) is 6.40. The van der Waals surface area contributed by atoms with Gasteiger partial charge in [0.25, 0.3) is 0 Å². The Bertz CT molecular complexity index is 671. The molecule has 1 aliphatic heterocycles. The quantitative estimate of drug-likeness (QED) is 0.903. The van der Waals surface area contributed by atoms with Crippen LogP contribution < -0.4 is 11.1 Å². The van der Waals surface area contributed by atoms with Gasteiger partial charge in [-0.1, -0.05) is 6.07 Å². The summed E-state index contributed by atoms with van der Waals surface area (Å²) in [5, 5.41) is 4.04. The summed E-state index contributed by atoms with van der Waals surface area (Å²) in [6, 6.07) is 5.85. The second-order valence-electron chi connectivity index (χ2n) is 5.30. The maximum Gasteiger partial charge on any atom is 0.236 e.